The first-order valence-corrected chi connectivity index (χ1v) is 9.59. The maximum Gasteiger partial charge on any atom is 0.338 e. The van der Waals surface area contributed by atoms with Gasteiger partial charge in [-0.25, -0.2) is 17.9 Å². The van der Waals surface area contributed by atoms with E-state index in [9.17, 15) is 13.2 Å². The number of hydrogen-bond donors (Lipinski definition) is 1. The fourth-order valence-corrected chi connectivity index (χ4v) is 3.54. The summed E-state index contributed by atoms with van der Waals surface area (Å²) in [5.74, 6) is -0.570. The fraction of sp³-hybridized carbons (Fsp3) is 0.235. The van der Waals surface area contributed by atoms with Crippen molar-refractivity contribution in [3.8, 4) is 0 Å². The van der Waals surface area contributed by atoms with Crippen LogP contribution in [0.4, 0.5) is 0 Å². The molecular formula is C17H18BrNO4S. The summed E-state index contributed by atoms with van der Waals surface area (Å²) in [6, 6.07) is 13.0. The van der Waals surface area contributed by atoms with Crippen LogP contribution >= 0.6 is 15.9 Å². The average molecular weight is 412 g/mol. The molecule has 0 aliphatic carbocycles. The SMILES string of the molecule is CC(C)NS(=O)(=O)c1cccc(C(=O)OCc2ccc(Br)cc2)c1. The average Bonchev–Trinajstić information content (AvgIpc) is 2.53. The summed E-state index contributed by atoms with van der Waals surface area (Å²) in [5, 5.41) is 0. The molecular weight excluding hydrogens is 394 g/mol. The van der Waals surface area contributed by atoms with Crippen molar-refractivity contribution < 1.29 is 17.9 Å². The Hall–Kier alpha value is -1.70. The number of esters is 1. The largest absolute Gasteiger partial charge is 0.457 e. The quantitative estimate of drug-likeness (QED) is 0.738. The third kappa shape index (κ3) is 5.15. The third-order valence-corrected chi connectivity index (χ3v) is 5.24. The second-order valence-corrected chi connectivity index (χ2v) is 8.14. The summed E-state index contributed by atoms with van der Waals surface area (Å²) in [6.45, 7) is 3.58. The number of rotatable bonds is 6. The lowest BCUT2D eigenvalue weighted by Crippen LogP contribution is -2.30. The van der Waals surface area contributed by atoms with Gasteiger partial charge >= 0.3 is 5.97 Å². The Balaban J connectivity index is 2.10. The Morgan fingerprint density at radius 2 is 1.83 bits per heavy atom. The van der Waals surface area contributed by atoms with Crippen LogP contribution in [-0.4, -0.2) is 20.4 Å². The van der Waals surface area contributed by atoms with Crippen molar-refractivity contribution >= 4 is 31.9 Å². The van der Waals surface area contributed by atoms with Gasteiger partial charge in [-0.1, -0.05) is 34.1 Å². The summed E-state index contributed by atoms with van der Waals surface area (Å²) < 4.78 is 33.0. The number of halogens is 1. The van der Waals surface area contributed by atoms with E-state index in [4.69, 9.17) is 4.74 Å². The highest BCUT2D eigenvalue weighted by molar-refractivity contribution is 9.10. The van der Waals surface area contributed by atoms with Gasteiger partial charge in [0.2, 0.25) is 10.0 Å². The molecule has 0 atom stereocenters. The summed E-state index contributed by atoms with van der Waals surface area (Å²) in [7, 11) is -3.65. The van der Waals surface area contributed by atoms with E-state index in [-0.39, 0.29) is 23.1 Å². The highest BCUT2D eigenvalue weighted by atomic mass is 79.9. The molecule has 0 unspecified atom stereocenters. The fourth-order valence-electron chi connectivity index (χ4n) is 1.98. The maximum absolute atomic E-state index is 12.2. The van der Waals surface area contributed by atoms with Crippen LogP contribution in [0.1, 0.15) is 29.8 Å². The Morgan fingerprint density at radius 3 is 2.46 bits per heavy atom. The van der Waals surface area contributed by atoms with E-state index < -0.39 is 16.0 Å². The monoisotopic (exact) mass is 411 g/mol. The van der Waals surface area contributed by atoms with Gasteiger partial charge in [-0.2, -0.15) is 0 Å². The van der Waals surface area contributed by atoms with Crippen LogP contribution in [0.3, 0.4) is 0 Å². The molecule has 7 heteroatoms. The molecule has 5 nitrogen and oxygen atoms in total. The molecule has 0 radical (unpaired) electrons. The Morgan fingerprint density at radius 1 is 1.17 bits per heavy atom. The molecule has 0 aliphatic rings. The molecule has 0 amide bonds. The molecule has 0 saturated heterocycles. The summed E-state index contributed by atoms with van der Waals surface area (Å²) in [6.07, 6.45) is 0. The van der Waals surface area contributed by atoms with Crippen LogP contribution < -0.4 is 4.72 Å². The van der Waals surface area contributed by atoms with Gasteiger partial charge in [0.05, 0.1) is 10.5 Å². The number of nitrogens with one attached hydrogen (secondary N) is 1. The lowest BCUT2D eigenvalue weighted by Gasteiger charge is -2.10. The number of carbonyl (C=O) groups is 1. The second-order valence-electron chi connectivity index (χ2n) is 5.51. The van der Waals surface area contributed by atoms with E-state index in [1.165, 1.54) is 24.3 Å². The summed E-state index contributed by atoms with van der Waals surface area (Å²) in [4.78, 5) is 12.2. The molecule has 0 aromatic heterocycles. The lowest BCUT2D eigenvalue weighted by atomic mass is 10.2. The second kappa shape index (κ2) is 7.92. The Labute approximate surface area is 150 Å². The molecule has 2 aromatic carbocycles. The van der Waals surface area contributed by atoms with Gasteiger partial charge < -0.3 is 4.74 Å². The predicted molar refractivity (Wildman–Crippen MR) is 95.2 cm³/mol. The highest BCUT2D eigenvalue weighted by Gasteiger charge is 2.17. The summed E-state index contributed by atoms with van der Waals surface area (Å²) >= 11 is 3.34. The number of sulfonamides is 1. The van der Waals surface area contributed by atoms with Crippen LogP contribution in [0, 0.1) is 0 Å². The Bertz CT molecular complexity index is 817. The Kier molecular flexibility index (Phi) is 6.15. The van der Waals surface area contributed by atoms with Gasteiger partial charge in [0.1, 0.15) is 6.61 Å². The van der Waals surface area contributed by atoms with Crippen molar-refractivity contribution in [3.63, 3.8) is 0 Å². The van der Waals surface area contributed by atoms with Gasteiger partial charge in [-0.15, -0.1) is 0 Å². The zero-order valence-corrected chi connectivity index (χ0v) is 15.7. The minimum absolute atomic E-state index is 0.0364. The van der Waals surface area contributed by atoms with Crippen molar-refractivity contribution in [3.05, 3.63) is 64.1 Å². The summed E-state index contributed by atoms with van der Waals surface area (Å²) in [5.41, 5.74) is 1.04. The van der Waals surface area contributed by atoms with Gasteiger partial charge in [0, 0.05) is 10.5 Å². The van der Waals surface area contributed by atoms with E-state index in [0.29, 0.717) is 0 Å². The van der Waals surface area contributed by atoms with Crippen molar-refractivity contribution in [1.29, 1.82) is 0 Å². The molecule has 0 aliphatic heterocycles. The minimum atomic E-state index is -3.65. The first-order chi connectivity index (χ1) is 11.3. The lowest BCUT2D eigenvalue weighted by molar-refractivity contribution is 0.0472. The van der Waals surface area contributed by atoms with Crippen LogP contribution in [-0.2, 0) is 21.4 Å². The molecule has 128 valence electrons. The molecule has 1 N–H and O–H groups in total. The van der Waals surface area contributed by atoms with Gasteiger partial charge in [-0.3, -0.25) is 0 Å². The molecule has 24 heavy (non-hydrogen) atoms. The molecule has 0 spiro atoms. The van der Waals surface area contributed by atoms with Crippen LogP contribution in [0.5, 0.6) is 0 Å². The maximum atomic E-state index is 12.2. The van der Waals surface area contributed by atoms with Crippen molar-refractivity contribution in [2.24, 2.45) is 0 Å². The highest BCUT2D eigenvalue weighted by Crippen LogP contribution is 2.15. The van der Waals surface area contributed by atoms with E-state index in [1.807, 2.05) is 24.3 Å². The van der Waals surface area contributed by atoms with Crippen LogP contribution in [0.25, 0.3) is 0 Å². The standard InChI is InChI=1S/C17H18BrNO4S/c1-12(2)19-24(21,22)16-5-3-4-14(10-16)17(20)23-11-13-6-8-15(18)9-7-13/h3-10,12,19H,11H2,1-2H3. The van der Waals surface area contributed by atoms with Gasteiger partial charge in [0.25, 0.3) is 0 Å². The molecule has 0 fully saturated rings. The molecule has 2 aromatic rings. The van der Waals surface area contributed by atoms with Gasteiger partial charge in [0.15, 0.2) is 0 Å². The van der Waals surface area contributed by atoms with E-state index in [1.54, 1.807) is 13.8 Å². The van der Waals surface area contributed by atoms with E-state index in [0.717, 1.165) is 10.0 Å². The minimum Gasteiger partial charge on any atom is -0.457 e. The van der Waals surface area contributed by atoms with Crippen LogP contribution in [0.2, 0.25) is 0 Å². The molecule has 0 bridgehead atoms. The molecule has 2 rings (SSSR count). The van der Waals surface area contributed by atoms with Crippen LogP contribution in [0.15, 0.2) is 57.9 Å². The van der Waals surface area contributed by atoms with Gasteiger partial charge in [-0.05, 0) is 49.7 Å². The van der Waals surface area contributed by atoms with E-state index in [2.05, 4.69) is 20.7 Å². The predicted octanol–water partition coefficient (Wildman–Crippen LogP) is 3.49. The number of benzene rings is 2. The first kappa shape index (κ1) is 18.6. The van der Waals surface area contributed by atoms with E-state index >= 15 is 0 Å². The van der Waals surface area contributed by atoms with Crippen molar-refractivity contribution in [2.75, 3.05) is 0 Å². The normalized spacial score (nSPS) is 11.5. The smallest absolute Gasteiger partial charge is 0.338 e. The topological polar surface area (TPSA) is 72.5 Å². The molecule has 0 heterocycles. The number of hydrogen-bond acceptors (Lipinski definition) is 4. The first-order valence-electron chi connectivity index (χ1n) is 7.32. The third-order valence-electron chi connectivity index (χ3n) is 3.05. The molecule has 0 saturated carbocycles. The zero-order valence-electron chi connectivity index (χ0n) is 13.3. The zero-order chi connectivity index (χ0) is 17.7. The number of carbonyl (C=O) groups excluding carboxylic acids is 1. The van der Waals surface area contributed by atoms with Crippen molar-refractivity contribution in [2.45, 2.75) is 31.4 Å². The number of ether oxygens (including phenoxy) is 1. The van der Waals surface area contributed by atoms with Crippen molar-refractivity contribution in [1.82, 2.24) is 4.72 Å².